The van der Waals surface area contributed by atoms with E-state index >= 15 is 0 Å². The predicted molar refractivity (Wildman–Crippen MR) is 85.6 cm³/mol. The SMILES string of the molecule is Cc1ccc(CNC(=O)c2cccc(-n3cc[nH]c3=S)c2)o1. The van der Waals surface area contributed by atoms with Crippen LogP contribution in [0.3, 0.4) is 0 Å². The van der Waals surface area contributed by atoms with E-state index in [1.54, 1.807) is 18.3 Å². The number of nitrogens with one attached hydrogen (secondary N) is 2. The summed E-state index contributed by atoms with van der Waals surface area (Å²) in [7, 11) is 0. The van der Waals surface area contributed by atoms with Gasteiger partial charge in [-0.05, 0) is 49.5 Å². The molecule has 3 aromatic rings. The number of aromatic amines is 1. The number of H-pyrrole nitrogens is 1. The van der Waals surface area contributed by atoms with E-state index in [1.165, 1.54) is 0 Å². The molecule has 2 aromatic heterocycles. The van der Waals surface area contributed by atoms with Crippen LogP contribution in [0.15, 0.2) is 53.2 Å². The number of rotatable bonds is 4. The molecule has 0 atom stereocenters. The van der Waals surface area contributed by atoms with Gasteiger partial charge >= 0.3 is 0 Å². The summed E-state index contributed by atoms with van der Waals surface area (Å²) < 4.78 is 7.83. The molecule has 3 rings (SSSR count). The van der Waals surface area contributed by atoms with Crippen LogP contribution >= 0.6 is 12.2 Å². The molecule has 0 radical (unpaired) electrons. The Morgan fingerprint density at radius 1 is 1.36 bits per heavy atom. The van der Waals surface area contributed by atoms with Crippen LogP contribution in [0.4, 0.5) is 0 Å². The second-order valence-corrected chi connectivity index (χ2v) is 5.27. The van der Waals surface area contributed by atoms with E-state index in [9.17, 15) is 4.79 Å². The number of furan rings is 1. The van der Waals surface area contributed by atoms with Crippen molar-refractivity contribution in [1.82, 2.24) is 14.9 Å². The molecule has 1 aromatic carbocycles. The lowest BCUT2D eigenvalue weighted by molar-refractivity contribution is 0.0948. The molecule has 112 valence electrons. The average Bonchev–Trinajstić information content (AvgIpc) is 3.13. The van der Waals surface area contributed by atoms with Crippen molar-refractivity contribution in [2.45, 2.75) is 13.5 Å². The van der Waals surface area contributed by atoms with Crippen molar-refractivity contribution in [1.29, 1.82) is 0 Å². The summed E-state index contributed by atoms with van der Waals surface area (Å²) in [5.41, 5.74) is 1.41. The number of nitrogens with zero attached hydrogens (tertiary/aromatic N) is 1. The number of aryl methyl sites for hydroxylation is 1. The van der Waals surface area contributed by atoms with Gasteiger partial charge in [0.2, 0.25) is 0 Å². The summed E-state index contributed by atoms with van der Waals surface area (Å²) in [6.45, 7) is 2.23. The second-order valence-electron chi connectivity index (χ2n) is 4.88. The molecule has 0 saturated heterocycles. The molecule has 5 nitrogen and oxygen atoms in total. The van der Waals surface area contributed by atoms with Gasteiger partial charge < -0.3 is 14.7 Å². The smallest absolute Gasteiger partial charge is 0.251 e. The van der Waals surface area contributed by atoms with Gasteiger partial charge in [0.15, 0.2) is 4.77 Å². The van der Waals surface area contributed by atoms with Crippen LogP contribution in [-0.2, 0) is 6.54 Å². The summed E-state index contributed by atoms with van der Waals surface area (Å²) in [4.78, 5) is 15.2. The van der Waals surface area contributed by atoms with Gasteiger partial charge in [-0.2, -0.15) is 0 Å². The van der Waals surface area contributed by atoms with Crippen LogP contribution < -0.4 is 5.32 Å². The topological polar surface area (TPSA) is 63.0 Å². The van der Waals surface area contributed by atoms with Crippen LogP contribution in [0.5, 0.6) is 0 Å². The third-order valence-electron chi connectivity index (χ3n) is 3.25. The lowest BCUT2D eigenvalue weighted by Gasteiger charge is -2.07. The minimum atomic E-state index is -0.155. The number of hydrogen-bond donors (Lipinski definition) is 2. The van der Waals surface area contributed by atoms with E-state index in [-0.39, 0.29) is 5.91 Å². The summed E-state index contributed by atoms with van der Waals surface area (Å²) in [6, 6.07) is 11.0. The van der Waals surface area contributed by atoms with Gasteiger partial charge in [0.05, 0.1) is 6.54 Å². The summed E-state index contributed by atoms with van der Waals surface area (Å²) in [6.07, 6.45) is 3.58. The number of imidazole rings is 1. The Balaban J connectivity index is 1.76. The Labute approximate surface area is 132 Å². The number of benzene rings is 1. The Kier molecular flexibility index (Phi) is 3.93. The molecular formula is C16H15N3O2S. The third kappa shape index (κ3) is 3.01. The van der Waals surface area contributed by atoms with E-state index in [2.05, 4.69) is 10.3 Å². The Morgan fingerprint density at radius 2 is 2.23 bits per heavy atom. The molecule has 0 aliphatic rings. The molecular weight excluding hydrogens is 298 g/mol. The Morgan fingerprint density at radius 3 is 2.91 bits per heavy atom. The molecule has 2 N–H and O–H groups in total. The molecule has 1 amide bonds. The fourth-order valence-corrected chi connectivity index (χ4v) is 2.40. The minimum absolute atomic E-state index is 0.155. The van der Waals surface area contributed by atoms with E-state index in [0.717, 1.165) is 17.2 Å². The normalized spacial score (nSPS) is 10.6. The van der Waals surface area contributed by atoms with Crippen LogP contribution in [0, 0.1) is 11.7 Å². The first-order chi connectivity index (χ1) is 10.6. The van der Waals surface area contributed by atoms with Gasteiger partial charge in [-0.1, -0.05) is 6.07 Å². The standard InChI is InChI=1S/C16H15N3O2S/c1-11-5-6-14(21-11)10-18-15(20)12-3-2-4-13(9-12)19-8-7-17-16(19)22/h2-9H,10H2,1H3,(H,17,22)(H,18,20). The molecule has 0 bridgehead atoms. The molecule has 0 unspecified atom stereocenters. The highest BCUT2D eigenvalue weighted by atomic mass is 32.1. The molecule has 0 spiro atoms. The van der Waals surface area contributed by atoms with Crippen LogP contribution in [0.2, 0.25) is 0 Å². The zero-order chi connectivity index (χ0) is 15.5. The zero-order valence-electron chi connectivity index (χ0n) is 12.0. The fourth-order valence-electron chi connectivity index (χ4n) is 2.17. The lowest BCUT2D eigenvalue weighted by atomic mass is 10.2. The van der Waals surface area contributed by atoms with Crippen molar-refractivity contribution < 1.29 is 9.21 Å². The lowest BCUT2D eigenvalue weighted by Crippen LogP contribution is -2.22. The second kappa shape index (κ2) is 6.03. The quantitative estimate of drug-likeness (QED) is 0.726. The Hall–Kier alpha value is -2.60. The van der Waals surface area contributed by atoms with Crippen molar-refractivity contribution in [3.63, 3.8) is 0 Å². The third-order valence-corrected chi connectivity index (χ3v) is 3.57. The molecule has 0 aliphatic carbocycles. The first-order valence-corrected chi connectivity index (χ1v) is 7.24. The highest BCUT2D eigenvalue weighted by Crippen LogP contribution is 2.12. The van der Waals surface area contributed by atoms with E-state index in [1.807, 2.05) is 42.0 Å². The monoisotopic (exact) mass is 313 g/mol. The molecule has 6 heteroatoms. The first kappa shape index (κ1) is 14.3. The predicted octanol–water partition coefficient (Wildman–Crippen LogP) is 3.37. The maximum absolute atomic E-state index is 12.2. The van der Waals surface area contributed by atoms with E-state index in [0.29, 0.717) is 16.9 Å². The fraction of sp³-hybridized carbons (Fsp3) is 0.125. The van der Waals surface area contributed by atoms with Gasteiger partial charge in [0.1, 0.15) is 11.5 Å². The summed E-state index contributed by atoms with van der Waals surface area (Å²) in [5, 5.41) is 2.84. The zero-order valence-corrected chi connectivity index (χ0v) is 12.8. The van der Waals surface area contributed by atoms with Crippen molar-refractivity contribution in [3.05, 3.63) is 70.6 Å². The molecule has 22 heavy (non-hydrogen) atoms. The first-order valence-electron chi connectivity index (χ1n) is 6.83. The summed E-state index contributed by atoms with van der Waals surface area (Å²) in [5.74, 6) is 1.40. The van der Waals surface area contributed by atoms with Gasteiger partial charge in [0, 0.05) is 23.6 Å². The molecule has 0 fully saturated rings. The largest absolute Gasteiger partial charge is 0.465 e. The van der Waals surface area contributed by atoms with Gasteiger partial charge in [-0.15, -0.1) is 0 Å². The van der Waals surface area contributed by atoms with E-state index in [4.69, 9.17) is 16.6 Å². The van der Waals surface area contributed by atoms with Crippen molar-refractivity contribution in [2.75, 3.05) is 0 Å². The maximum Gasteiger partial charge on any atom is 0.251 e. The van der Waals surface area contributed by atoms with Gasteiger partial charge in [-0.3, -0.25) is 9.36 Å². The average molecular weight is 313 g/mol. The van der Waals surface area contributed by atoms with Crippen LogP contribution in [0.1, 0.15) is 21.9 Å². The van der Waals surface area contributed by atoms with Crippen LogP contribution in [-0.4, -0.2) is 15.5 Å². The number of hydrogen-bond acceptors (Lipinski definition) is 3. The summed E-state index contributed by atoms with van der Waals surface area (Å²) >= 11 is 5.19. The van der Waals surface area contributed by atoms with Crippen LogP contribution in [0.25, 0.3) is 5.69 Å². The minimum Gasteiger partial charge on any atom is -0.465 e. The van der Waals surface area contributed by atoms with Crippen molar-refractivity contribution in [3.8, 4) is 5.69 Å². The number of carbonyl (C=O) groups is 1. The highest BCUT2D eigenvalue weighted by molar-refractivity contribution is 7.71. The van der Waals surface area contributed by atoms with E-state index < -0.39 is 0 Å². The highest BCUT2D eigenvalue weighted by Gasteiger charge is 2.08. The number of amides is 1. The number of carbonyl (C=O) groups excluding carboxylic acids is 1. The van der Waals surface area contributed by atoms with Crippen molar-refractivity contribution >= 4 is 18.1 Å². The number of aromatic nitrogens is 2. The molecule has 2 heterocycles. The molecule has 0 saturated carbocycles. The maximum atomic E-state index is 12.2. The Bertz CT molecular complexity index is 860. The van der Waals surface area contributed by atoms with Gasteiger partial charge in [-0.25, -0.2) is 0 Å². The van der Waals surface area contributed by atoms with Gasteiger partial charge in [0.25, 0.3) is 5.91 Å². The van der Waals surface area contributed by atoms with Crippen molar-refractivity contribution in [2.24, 2.45) is 0 Å². The molecule has 0 aliphatic heterocycles.